The molecule has 186 valence electrons. The summed E-state index contributed by atoms with van der Waals surface area (Å²) >= 11 is 0. The van der Waals surface area contributed by atoms with E-state index in [1.165, 1.54) is 63.4 Å². The van der Waals surface area contributed by atoms with E-state index in [9.17, 15) is 4.79 Å². The number of ether oxygens (including phenoxy) is 2. The fourth-order valence-corrected chi connectivity index (χ4v) is 4.80. The highest BCUT2D eigenvalue weighted by Crippen LogP contribution is 2.34. The van der Waals surface area contributed by atoms with Crippen LogP contribution >= 0.6 is 0 Å². The van der Waals surface area contributed by atoms with Crippen molar-refractivity contribution in [1.82, 2.24) is 0 Å². The van der Waals surface area contributed by atoms with Crippen molar-refractivity contribution in [3.8, 4) is 11.5 Å². The molecule has 1 atom stereocenters. The summed E-state index contributed by atoms with van der Waals surface area (Å²) in [5, 5.41) is 0. The summed E-state index contributed by atoms with van der Waals surface area (Å²) in [7, 11) is 0. The molecule has 34 heavy (non-hydrogen) atoms. The molecule has 1 saturated carbocycles. The van der Waals surface area contributed by atoms with Crippen molar-refractivity contribution in [1.29, 1.82) is 0 Å². The van der Waals surface area contributed by atoms with Crippen molar-refractivity contribution in [3.63, 3.8) is 0 Å². The smallest absolute Gasteiger partial charge is 0.343 e. The molecule has 2 aromatic rings. The molecule has 0 heterocycles. The van der Waals surface area contributed by atoms with Crippen LogP contribution in [0.1, 0.15) is 101 Å². The maximum absolute atomic E-state index is 12.5. The first-order valence-corrected chi connectivity index (χ1v) is 13.6. The molecule has 0 aliphatic heterocycles. The van der Waals surface area contributed by atoms with Crippen molar-refractivity contribution >= 4 is 5.97 Å². The van der Waals surface area contributed by atoms with Crippen molar-refractivity contribution < 1.29 is 14.3 Å². The number of esters is 1. The van der Waals surface area contributed by atoms with E-state index in [4.69, 9.17) is 9.47 Å². The van der Waals surface area contributed by atoms with Crippen LogP contribution in [0.15, 0.2) is 48.5 Å². The number of benzene rings is 2. The maximum atomic E-state index is 12.5. The Labute approximate surface area is 207 Å². The normalized spacial score (nSPS) is 18.9. The van der Waals surface area contributed by atoms with E-state index < -0.39 is 0 Å². The third-order valence-electron chi connectivity index (χ3n) is 7.48. The summed E-state index contributed by atoms with van der Waals surface area (Å²) in [4.78, 5) is 12.5. The monoisotopic (exact) mass is 464 g/mol. The third-order valence-corrected chi connectivity index (χ3v) is 7.48. The third kappa shape index (κ3) is 8.81. The highest BCUT2D eigenvalue weighted by molar-refractivity contribution is 5.91. The van der Waals surface area contributed by atoms with E-state index >= 15 is 0 Å². The zero-order valence-electron chi connectivity index (χ0n) is 21.6. The van der Waals surface area contributed by atoms with Gasteiger partial charge in [-0.15, -0.1) is 0 Å². The van der Waals surface area contributed by atoms with Crippen LogP contribution in [0.2, 0.25) is 0 Å². The minimum Gasteiger partial charge on any atom is -0.493 e. The molecule has 0 bridgehead atoms. The van der Waals surface area contributed by atoms with Crippen molar-refractivity contribution in [2.75, 3.05) is 6.61 Å². The Kier molecular flexibility index (Phi) is 11.0. The molecule has 0 radical (unpaired) electrons. The second kappa shape index (κ2) is 14.2. The maximum Gasteiger partial charge on any atom is 0.343 e. The van der Waals surface area contributed by atoms with Gasteiger partial charge >= 0.3 is 5.97 Å². The predicted octanol–water partition coefficient (Wildman–Crippen LogP) is 8.65. The standard InChI is InChI=1S/C31H44O3/c1-4-6-7-8-25-9-11-26(12-10-25)13-14-27-15-19-30(20-16-27)34-31(32)28-17-21-29(22-18-28)33-23-24(3)5-2/h15-22,24-26H,4-14,23H2,1-3H3. The van der Waals surface area contributed by atoms with Crippen molar-refractivity contribution in [2.24, 2.45) is 17.8 Å². The second-order valence-electron chi connectivity index (χ2n) is 10.3. The number of rotatable bonds is 13. The molecule has 0 aromatic heterocycles. The van der Waals surface area contributed by atoms with Crippen LogP contribution in [0.25, 0.3) is 0 Å². The van der Waals surface area contributed by atoms with E-state index in [2.05, 4.69) is 32.9 Å². The summed E-state index contributed by atoms with van der Waals surface area (Å²) in [6, 6.07) is 15.2. The SMILES string of the molecule is CCCCCC1CCC(CCc2ccc(OC(=O)c3ccc(OCC(C)CC)cc3)cc2)CC1. The van der Waals surface area contributed by atoms with Gasteiger partial charge in [0.1, 0.15) is 11.5 Å². The van der Waals surface area contributed by atoms with Crippen LogP contribution < -0.4 is 9.47 Å². The Morgan fingerprint density at radius 2 is 1.47 bits per heavy atom. The van der Waals surface area contributed by atoms with Gasteiger partial charge in [-0.25, -0.2) is 4.79 Å². The molecule has 3 nitrogen and oxygen atoms in total. The first-order valence-electron chi connectivity index (χ1n) is 13.6. The lowest BCUT2D eigenvalue weighted by atomic mass is 9.78. The minimum atomic E-state index is -0.336. The molecule has 0 saturated heterocycles. The van der Waals surface area contributed by atoms with Gasteiger partial charge < -0.3 is 9.47 Å². The molecule has 3 rings (SSSR count). The van der Waals surface area contributed by atoms with E-state index in [1.54, 1.807) is 12.1 Å². The van der Waals surface area contributed by atoms with Crippen LogP contribution in [0.5, 0.6) is 11.5 Å². The molecule has 1 unspecified atom stereocenters. The summed E-state index contributed by atoms with van der Waals surface area (Å²) in [5.74, 6) is 3.41. The topological polar surface area (TPSA) is 35.5 Å². The van der Waals surface area contributed by atoms with E-state index in [0.29, 0.717) is 23.8 Å². The fraction of sp³-hybridized carbons (Fsp3) is 0.581. The quantitative estimate of drug-likeness (QED) is 0.169. The molecular formula is C31H44O3. The lowest BCUT2D eigenvalue weighted by Crippen LogP contribution is -2.15. The summed E-state index contributed by atoms with van der Waals surface area (Å²) in [5.41, 5.74) is 1.86. The predicted molar refractivity (Wildman–Crippen MR) is 141 cm³/mol. The van der Waals surface area contributed by atoms with Gasteiger partial charge in [-0.1, -0.05) is 90.7 Å². The second-order valence-corrected chi connectivity index (χ2v) is 10.3. The summed E-state index contributed by atoms with van der Waals surface area (Å²) in [6.45, 7) is 7.29. The van der Waals surface area contributed by atoms with Gasteiger partial charge in [0.05, 0.1) is 12.2 Å². The zero-order chi connectivity index (χ0) is 24.2. The van der Waals surface area contributed by atoms with Gasteiger partial charge in [0.25, 0.3) is 0 Å². The first-order chi connectivity index (χ1) is 16.6. The fourth-order valence-electron chi connectivity index (χ4n) is 4.80. The molecule has 1 aliphatic carbocycles. The van der Waals surface area contributed by atoms with Gasteiger partial charge in [0, 0.05) is 0 Å². The molecule has 1 aliphatic rings. The summed E-state index contributed by atoms with van der Waals surface area (Å²) in [6.07, 6.45) is 14.7. The average Bonchev–Trinajstić information content (AvgIpc) is 2.88. The van der Waals surface area contributed by atoms with Gasteiger partial charge in [-0.2, -0.15) is 0 Å². The minimum absolute atomic E-state index is 0.336. The zero-order valence-corrected chi connectivity index (χ0v) is 21.6. The average molecular weight is 465 g/mol. The van der Waals surface area contributed by atoms with Crippen LogP contribution in [0, 0.1) is 17.8 Å². The van der Waals surface area contributed by atoms with E-state index in [-0.39, 0.29) is 5.97 Å². The Bertz CT molecular complexity index is 832. The molecule has 0 amide bonds. The Balaban J connectivity index is 1.38. The van der Waals surface area contributed by atoms with Crippen LogP contribution in [-0.4, -0.2) is 12.6 Å². The lowest BCUT2D eigenvalue weighted by Gasteiger charge is -2.28. The van der Waals surface area contributed by atoms with Crippen LogP contribution in [0.3, 0.4) is 0 Å². The number of unbranched alkanes of at least 4 members (excludes halogenated alkanes) is 2. The van der Waals surface area contributed by atoms with Gasteiger partial charge in [0.15, 0.2) is 0 Å². The first kappa shape index (κ1) is 26.3. The van der Waals surface area contributed by atoms with Crippen LogP contribution in [-0.2, 0) is 6.42 Å². The summed E-state index contributed by atoms with van der Waals surface area (Å²) < 4.78 is 11.3. The highest BCUT2D eigenvalue weighted by atomic mass is 16.5. The number of hydrogen-bond donors (Lipinski definition) is 0. The van der Waals surface area contributed by atoms with Crippen molar-refractivity contribution in [3.05, 3.63) is 59.7 Å². The highest BCUT2D eigenvalue weighted by Gasteiger charge is 2.20. The molecule has 0 spiro atoms. The molecule has 3 heteroatoms. The molecule has 0 N–H and O–H groups in total. The Hall–Kier alpha value is -2.29. The largest absolute Gasteiger partial charge is 0.493 e. The molecular weight excluding hydrogens is 420 g/mol. The number of carbonyl (C=O) groups is 1. The van der Waals surface area contributed by atoms with Crippen LogP contribution in [0.4, 0.5) is 0 Å². The Morgan fingerprint density at radius 3 is 2.09 bits per heavy atom. The Morgan fingerprint density at radius 1 is 0.853 bits per heavy atom. The van der Waals surface area contributed by atoms with Gasteiger partial charge in [-0.3, -0.25) is 0 Å². The lowest BCUT2D eigenvalue weighted by molar-refractivity contribution is 0.0734. The number of carbonyl (C=O) groups excluding carboxylic acids is 1. The molecule has 2 aromatic carbocycles. The number of hydrogen-bond acceptors (Lipinski definition) is 3. The van der Waals surface area contributed by atoms with E-state index in [0.717, 1.165) is 30.4 Å². The van der Waals surface area contributed by atoms with Gasteiger partial charge in [0.2, 0.25) is 0 Å². The number of aryl methyl sites for hydroxylation is 1. The van der Waals surface area contributed by atoms with E-state index in [1.807, 2.05) is 24.3 Å². The van der Waals surface area contributed by atoms with Crippen molar-refractivity contribution in [2.45, 2.75) is 91.4 Å². The molecule has 1 fully saturated rings. The van der Waals surface area contributed by atoms with Gasteiger partial charge in [-0.05, 0) is 72.6 Å².